The summed E-state index contributed by atoms with van der Waals surface area (Å²) in [4.78, 5) is 0. The normalized spacial score (nSPS) is 12.9. The van der Waals surface area contributed by atoms with Crippen LogP contribution >= 0.6 is 23.2 Å². The molecule has 0 saturated heterocycles. The third-order valence-electron chi connectivity index (χ3n) is 3.21. The Morgan fingerprint density at radius 1 is 1.16 bits per heavy atom. The van der Waals surface area contributed by atoms with Crippen molar-refractivity contribution >= 4 is 23.2 Å². The Bertz CT molecular complexity index is 377. The second-order valence-electron chi connectivity index (χ2n) is 5.65. The molecule has 108 valence electrons. The third kappa shape index (κ3) is 6.65. The van der Waals surface area contributed by atoms with E-state index in [1.807, 2.05) is 12.1 Å². The van der Waals surface area contributed by atoms with Crippen molar-refractivity contribution < 1.29 is 0 Å². The molecule has 1 N–H and O–H groups in total. The summed E-state index contributed by atoms with van der Waals surface area (Å²) in [5.41, 5.74) is 1.20. The number of nitrogens with one attached hydrogen (secondary N) is 1. The average molecular weight is 302 g/mol. The molecule has 1 aromatic rings. The maximum absolute atomic E-state index is 6.25. The van der Waals surface area contributed by atoms with Crippen LogP contribution in [0.4, 0.5) is 0 Å². The molecule has 0 fully saturated rings. The van der Waals surface area contributed by atoms with Gasteiger partial charge in [0.05, 0.1) is 0 Å². The fourth-order valence-corrected chi connectivity index (χ4v) is 2.74. The van der Waals surface area contributed by atoms with Crippen LogP contribution in [-0.2, 0) is 6.42 Å². The van der Waals surface area contributed by atoms with Gasteiger partial charge < -0.3 is 5.32 Å². The molecule has 0 radical (unpaired) electrons. The Morgan fingerprint density at radius 2 is 1.89 bits per heavy atom. The van der Waals surface area contributed by atoms with Crippen LogP contribution in [0, 0.1) is 11.8 Å². The van der Waals surface area contributed by atoms with Crippen LogP contribution in [0.5, 0.6) is 0 Å². The summed E-state index contributed by atoms with van der Waals surface area (Å²) in [7, 11) is 0. The van der Waals surface area contributed by atoms with Crippen molar-refractivity contribution in [1.29, 1.82) is 0 Å². The Labute approximate surface area is 127 Å². The van der Waals surface area contributed by atoms with E-state index in [-0.39, 0.29) is 0 Å². The predicted molar refractivity (Wildman–Crippen MR) is 86.3 cm³/mol. The van der Waals surface area contributed by atoms with Gasteiger partial charge in [0, 0.05) is 10.0 Å². The van der Waals surface area contributed by atoms with Crippen molar-refractivity contribution in [2.75, 3.05) is 13.1 Å². The first-order valence-electron chi connectivity index (χ1n) is 7.17. The molecule has 0 aliphatic heterocycles. The van der Waals surface area contributed by atoms with E-state index in [0.29, 0.717) is 16.9 Å². The fraction of sp³-hybridized carbons (Fsp3) is 0.625. The van der Waals surface area contributed by atoms with Gasteiger partial charge in [-0.15, -0.1) is 0 Å². The minimum Gasteiger partial charge on any atom is -0.316 e. The lowest BCUT2D eigenvalue weighted by Gasteiger charge is -2.18. The predicted octanol–water partition coefficient (Wildman–Crippen LogP) is 5.20. The monoisotopic (exact) mass is 301 g/mol. The van der Waals surface area contributed by atoms with E-state index in [0.717, 1.165) is 24.5 Å². The van der Waals surface area contributed by atoms with Gasteiger partial charge in [0.25, 0.3) is 0 Å². The van der Waals surface area contributed by atoms with Crippen LogP contribution in [-0.4, -0.2) is 13.1 Å². The standard InChI is InChI=1S/C16H25Cl2N/c1-4-5-13(11-19-10-12(2)3)8-14-6-7-15(17)9-16(14)18/h6-7,9,12-13,19H,4-5,8,10-11H2,1-3H3. The van der Waals surface area contributed by atoms with Gasteiger partial charge in [-0.05, 0) is 55.5 Å². The first kappa shape index (κ1) is 16.8. The first-order chi connectivity index (χ1) is 9.02. The number of halogens is 2. The average Bonchev–Trinajstić information content (AvgIpc) is 2.32. The molecule has 0 aliphatic carbocycles. The molecule has 0 bridgehead atoms. The van der Waals surface area contributed by atoms with Gasteiger partial charge in [0.1, 0.15) is 0 Å². The zero-order valence-corrected chi connectivity index (χ0v) is 13.7. The molecule has 0 spiro atoms. The minimum atomic E-state index is 0.641. The Morgan fingerprint density at radius 3 is 2.47 bits per heavy atom. The third-order valence-corrected chi connectivity index (χ3v) is 3.79. The Balaban J connectivity index is 2.56. The highest BCUT2D eigenvalue weighted by Gasteiger charge is 2.11. The number of benzene rings is 1. The van der Waals surface area contributed by atoms with Crippen LogP contribution in [0.15, 0.2) is 18.2 Å². The Hall–Kier alpha value is -0.240. The number of hydrogen-bond acceptors (Lipinski definition) is 1. The number of rotatable bonds is 8. The SMILES string of the molecule is CCCC(CNCC(C)C)Cc1ccc(Cl)cc1Cl. The molecule has 0 saturated carbocycles. The van der Waals surface area contributed by atoms with E-state index >= 15 is 0 Å². The highest BCUT2D eigenvalue weighted by molar-refractivity contribution is 6.35. The molecule has 0 aliphatic rings. The van der Waals surface area contributed by atoms with E-state index in [1.54, 1.807) is 0 Å². The molecule has 1 nitrogen and oxygen atoms in total. The summed E-state index contributed by atoms with van der Waals surface area (Å²) in [5.74, 6) is 1.34. The second-order valence-corrected chi connectivity index (χ2v) is 6.49. The highest BCUT2D eigenvalue weighted by atomic mass is 35.5. The fourth-order valence-electron chi connectivity index (χ4n) is 2.26. The molecule has 0 amide bonds. The van der Waals surface area contributed by atoms with Crippen LogP contribution < -0.4 is 5.32 Å². The summed E-state index contributed by atoms with van der Waals surface area (Å²) in [6, 6.07) is 5.81. The smallest absolute Gasteiger partial charge is 0.0452 e. The summed E-state index contributed by atoms with van der Waals surface area (Å²) in [6.07, 6.45) is 3.46. The summed E-state index contributed by atoms with van der Waals surface area (Å²) < 4.78 is 0. The van der Waals surface area contributed by atoms with Gasteiger partial charge >= 0.3 is 0 Å². The molecule has 0 aromatic heterocycles. The maximum atomic E-state index is 6.25. The van der Waals surface area contributed by atoms with E-state index in [9.17, 15) is 0 Å². The van der Waals surface area contributed by atoms with Crippen molar-refractivity contribution in [2.45, 2.75) is 40.0 Å². The summed E-state index contributed by atoms with van der Waals surface area (Å²) >= 11 is 12.2. The van der Waals surface area contributed by atoms with Crippen LogP contribution in [0.3, 0.4) is 0 Å². The summed E-state index contributed by atoms with van der Waals surface area (Å²) in [6.45, 7) is 8.84. The molecule has 3 heteroatoms. The van der Waals surface area contributed by atoms with Crippen LogP contribution in [0.25, 0.3) is 0 Å². The zero-order valence-electron chi connectivity index (χ0n) is 12.2. The van der Waals surface area contributed by atoms with E-state index in [1.165, 1.54) is 18.4 Å². The van der Waals surface area contributed by atoms with Crippen LogP contribution in [0.1, 0.15) is 39.2 Å². The first-order valence-corrected chi connectivity index (χ1v) is 7.93. The van der Waals surface area contributed by atoms with Gasteiger partial charge in [-0.2, -0.15) is 0 Å². The summed E-state index contributed by atoms with van der Waals surface area (Å²) in [5, 5.41) is 5.05. The van der Waals surface area contributed by atoms with Gasteiger partial charge in [-0.1, -0.05) is 56.5 Å². The van der Waals surface area contributed by atoms with E-state index < -0.39 is 0 Å². The van der Waals surface area contributed by atoms with Crippen LogP contribution in [0.2, 0.25) is 10.0 Å². The minimum absolute atomic E-state index is 0.641. The lowest BCUT2D eigenvalue weighted by molar-refractivity contribution is 0.421. The maximum Gasteiger partial charge on any atom is 0.0452 e. The van der Waals surface area contributed by atoms with Gasteiger partial charge in [0.2, 0.25) is 0 Å². The highest BCUT2D eigenvalue weighted by Crippen LogP contribution is 2.24. The zero-order chi connectivity index (χ0) is 14.3. The largest absolute Gasteiger partial charge is 0.316 e. The van der Waals surface area contributed by atoms with Crippen molar-refractivity contribution in [1.82, 2.24) is 5.32 Å². The second kappa shape index (κ2) is 8.84. The molecule has 1 rings (SSSR count). The molecule has 1 aromatic carbocycles. The van der Waals surface area contributed by atoms with Gasteiger partial charge in [0.15, 0.2) is 0 Å². The van der Waals surface area contributed by atoms with Crippen molar-refractivity contribution in [3.63, 3.8) is 0 Å². The number of hydrogen-bond donors (Lipinski definition) is 1. The molecular formula is C16H25Cl2N. The van der Waals surface area contributed by atoms with Gasteiger partial charge in [-0.25, -0.2) is 0 Å². The van der Waals surface area contributed by atoms with Gasteiger partial charge in [-0.3, -0.25) is 0 Å². The van der Waals surface area contributed by atoms with Crippen molar-refractivity contribution in [3.05, 3.63) is 33.8 Å². The lowest BCUT2D eigenvalue weighted by atomic mass is 9.94. The quantitative estimate of drug-likeness (QED) is 0.696. The van der Waals surface area contributed by atoms with E-state index in [4.69, 9.17) is 23.2 Å². The Kier molecular flexibility index (Phi) is 7.82. The topological polar surface area (TPSA) is 12.0 Å². The van der Waals surface area contributed by atoms with E-state index in [2.05, 4.69) is 32.2 Å². The molecule has 19 heavy (non-hydrogen) atoms. The van der Waals surface area contributed by atoms with Crippen molar-refractivity contribution in [2.24, 2.45) is 11.8 Å². The lowest BCUT2D eigenvalue weighted by Crippen LogP contribution is -2.27. The molecule has 1 unspecified atom stereocenters. The van der Waals surface area contributed by atoms with Crippen molar-refractivity contribution in [3.8, 4) is 0 Å². The molecule has 1 atom stereocenters. The molecular weight excluding hydrogens is 277 g/mol. The molecule has 0 heterocycles.